The molecule has 0 spiro atoms. The van der Waals surface area contributed by atoms with Crippen LogP contribution in [-0.4, -0.2) is 52.2 Å². The average molecular weight is 373 g/mol. The van der Waals surface area contributed by atoms with E-state index < -0.39 is 0 Å². The third kappa shape index (κ3) is 4.02. The van der Waals surface area contributed by atoms with Crippen molar-refractivity contribution in [3.63, 3.8) is 0 Å². The fraction of sp³-hybridized carbons (Fsp3) is 0.500. The van der Waals surface area contributed by atoms with Gasteiger partial charge in [0.1, 0.15) is 6.33 Å². The molecule has 2 heterocycles. The average Bonchev–Trinajstić information content (AvgIpc) is 3.42. The number of morpholine rings is 1. The third-order valence-corrected chi connectivity index (χ3v) is 5.71. The summed E-state index contributed by atoms with van der Waals surface area (Å²) in [7, 11) is 0. The number of carbonyl (C=O) groups excluding carboxylic acids is 1. The molecular formula is C18H23N5O2S. The van der Waals surface area contributed by atoms with Crippen molar-refractivity contribution in [2.24, 2.45) is 0 Å². The second-order valence-electron chi connectivity index (χ2n) is 6.65. The number of nitrogens with zero attached hydrogens (tertiary/aromatic N) is 4. The molecule has 0 bridgehead atoms. The molecule has 1 unspecified atom stereocenters. The summed E-state index contributed by atoms with van der Waals surface area (Å²) in [6.45, 7) is 5.23. The summed E-state index contributed by atoms with van der Waals surface area (Å²) in [5, 5.41) is 11.7. The highest BCUT2D eigenvalue weighted by atomic mass is 32.2. The van der Waals surface area contributed by atoms with E-state index in [2.05, 4.69) is 25.0 Å². The van der Waals surface area contributed by atoms with Crippen LogP contribution in [0.3, 0.4) is 0 Å². The summed E-state index contributed by atoms with van der Waals surface area (Å²) in [5.41, 5.74) is 1.97. The van der Waals surface area contributed by atoms with Crippen LogP contribution in [0.25, 0.3) is 0 Å². The molecule has 2 aromatic rings. The molecule has 1 aromatic carbocycles. The summed E-state index contributed by atoms with van der Waals surface area (Å²) in [6, 6.07) is 8.50. The second-order valence-corrected chi connectivity index (χ2v) is 7.96. The monoisotopic (exact) mass is 373 g/mol. The van der Waals surface area contributed by atoms with Crippen LogP contribution < -0.4 is 10.2 Å². The van der Waals surface area contributed by atoms with Crippen molar-refractivity contribution in [3.05, 3.63) is 30.6 Å². The van der Waals surface area contributed by atoms with Crippen molar-refractivity contribution in [2.75, 3.05) is 36.5 Å². The minimum absolute atomic E-state index is 0.0283. The van der Waals surface area contributed by atoms with E-state index in [1.807, 2.05) is 31.2 Å². The van der Waals surface area contributed by atoms with Crippen LogP contribution in [0.1, 0.15) is 25.8 Å². The number of ether oxygens (including phenoxy) is 1. The minimum Gasteiger partial charge on any atom is -0.378 e. The number of rotatable bonds is 6. The van der Waals surface area contributed by atoms with Crippen molar-refractivity contribution >= 4 is 29.0 Å². The Balaban J connectivity index is 1.34. The van der Waals surface area contributed by atoms with Gasteiger partial charge in [0.05, 0.1) is 18.5 Å². The molecule has 7 nitrogen and oxygen atoms in total. The molecule has 26 heavy (non-hydrogen) atoms. The van der Waals surface area contributed by atoms with E-state index in [4.69, 9.17) is 4.74 Å². The van der Waals surface area contributed by atoms with Gasteiger partial charge in [0.2, 0.25) is 5.91 Å². The van der Waals surface area contributed by atoms with Gasteiger partial charge in [-0.05, 0) is 44.0 Å². The maximum Gasteiger partial charge on any atom is 0.237 e. The Morgan fingerprint density at radius 2 is 2.00 bits per heavy atom. The van der Waals surface area contributed by atoms with E-state index in [0.29, 0.717) is 6.04 Å². The lowest BCUT2D eigenvalue weighted by molar-refractivity contribution is -0.115. The van der Waals surface area contributed by atoms with E-state index in [1.54, 1.807) is 6.33 Å². The molecule has 8 heteroatoms. The molecule has 2 aliphatic rings. The Morgan fingerprint density at radius 1 is 1.27 bits per heavy atom. The smallest absolute Gasteiger partial charge is 0.237 e. The molecule has 1 aliphatic carbocycles. The number of aromatic nitrogens is 3. The lowest BCUT2D eigenvalue weighted by atomic mass is 10.2. The van der Waals surface area contributed by atoms with Gasteiger partial charge in [-0.1, -0.05) is 11.8 Å². The van der Waals surface area contributed by atoms with Gasteiger partial charge in [-0.15, -0.1) is 10.2 Å². The van der Waals surface area contributed by atoms with Crippen LogP contribution >= 0.6 is 11.8 Å². The zero-order valence-corrected chi connectivity index (χ0v) is 15.6. The SMILES string of the molecule is CC(Sc1nncn1C1CC1)C(=O)Nc1ccc(N2CCOCC2)cc1. The van der Waals surface area contributed by atoms with Crippen molar-refractivity contribution in [3.8, 4) is 0 Å². The summed E-state index contributed by atoms with van der Waals surface area (Å²) in [6.07, 6.45) is 4.10. The van der Waals surface area contributed by atoms with Gasteiger partial charge in [-0.2, -0.15) is 0 Å². The number of hydrogen-bond acceptors (Lipinski definition) is 6. The molecule has 0 radical (unpaired) electrons. The van der Waals surface area contributed by atoms with Crippen LogP contribution in [0.2, 0.25) is 0 Å². The largest absolute Gasteiger partial charge is 0.378 e. The van der Waals surface area contributed by atoms with Gasteiger partial charge < -0.3 is 19.5 Å². The molecule has 138 valence electrons. The van der Waals surface area contributed by atoms with Crippen LogP contribution in [0, 0.1) is 0 Å². The Bertz CT molecular complexity index is 753. The van der Waals surface area contributed by atoms with E-state index in [1.165, 1.54) is 24.6 Å². The number of amides is 1. The van der Waals surface area contributed by atoms with Crippen LogP contribution in [0.5, 0.6) is 0 Å². The maximum atomic E-state index is 12.5. The van der Waals surface area contributed by atoms with E-state index in [-0.39, 0.29) is 11.2 Å². The summed E-state index contributed by atoms with van der Waals surface area (Å²) in [4.78, 5) is 14.8. The first kappa shape index (κ1) is 17.4. The van der Waals surface area contributed by atoms with E-state index in [0.717, 1.165) is 42.8 Å². The molecule has 1 N–H and O–H groups in total. The molecule has 1 atom stereocenters. The Labute approximate surface area is 157 Å². The first-order valence-corrected chi connectivity index (χ1v) is 9.88. The minimum atomic E-state index is -0.240. The fourth-order valence-corrected chi connectivity index (χ4v) is 3.85. The van der Waals surface area contributed by atoms with Crippen molar-refractivity contribution in [1.82, 2.24) is 14.8 Å². The number of benzene rings is 1. The summed E-state index contributed by atoms with van der Waals surface area (Å²) in [5.74, 6) is -0.0283. The zero-order valence-electron chi connectivity index (χ0n) is 14.8. The molecule has 4 rings (SSSR count). The molecule has 1 saturated heterocycles. The predicted octanol–water partition coefficient (Wildman–Crippen LogP) is 2.57. The number of carbonyl (C=O) groups is 1. The molecule has 1 saturated carbocycles. The Kier molecular flexibility index (Phi) is 5.12. The van der Waals surface area contributed by atoms with Crippen LogP contribution in [0.15, 0.2) is 35.7 Å². The fourth-order valence-electron chi connectivity index (χ4n) is 2.95. The van der Waals surface area contributed by atoms with Gasteiger partial charge >= 0.3 is 0 Å². The molecule has 2 fully saturated rings. The second kappa shape index (κ2) is 7.67. The first-order chi connectivity index (χ1) is 12.7. The lowest BCUT2D eigenvalue weighted by Gasteiger charge is -2.28. The molecule has 1 aliphatic heterocycles. The molecule has 1 amide bonds. The van der Waals surface area contributed by atoms with Gasteiger partial charge in [0, 0.05) is 30.5 Å². The van der Waals surface area contributed by atoms with Gasteiger partial charge in [-0.3, -0.25) is 4.79 Å². The summed E-state index contributed by atoms with van der Waals surface area (Å²) >= 11 is 1.45. The van der Waals surface area contributed by atoms with Crippen molar-refractivity contribution < 1.29 is 9.53 Å². The number of nitrogens with one attached hydrogen (secondary N) is 1. The van der Waals surface area contributed by atoms with E-state index in [9.17, 15) is 4.79 Å². The Hall–Kier alpha value is -2.06. The molecular weight excluding hydrogens is 350 g/mol. The topological polar surface area (TPSA) is 72.3 Å². The standard InChI is InChI=1S/C18H23N5O2S/c1-13(26-18-21-19-12-23(18)16-6-7-16)17(24)20-14-2-4-15(5-3-14)22-8-10-25-11-9-22/h2-5,12-13,16H,6-11H2,1H3,(H,20,24). The van der Waals surface area contributed by atoms with Crippen molar-refractivity contribution in [2.45, 2.75) is 36.2 Å². The normalized spacial score (nSPS) is 18.6. The van der Waals surface area contributed by atoms with Gasteiger partial charge in [0.25, 0.3) is 0 Å². The zero-order chi connectivity index (χ0) is 17.9. The highest BCUT2D eigenvalue weighted by molar-refractivity contribution is 8.00. The summed E-state index contributed by atoms with van der Waals surface area (Å²) < 4.78 is 7.46. The van der Waals surface area contributed by atoms with Crippen LogP contribution in [-0.2, 0) is 9.53 Å². The Morgan fingerprint density at radius 3 is 2.69 bits per heavy atom. The quantitative estimate of drug-likeness (QED) is 0.785. The van der Waals surface area contributed by atoms with Gasteiger partial charge in [-0.25, -0.2) is 0 Å². The van der Waals surface area contributed by atoms with E-state index >= 15 is 0 Å². The number of hydrogen-bond donors (Lipinski definition) is 1. The van der Waals surface area contributed by atoms with Crippen LogP contribution in [0.4, 0.5) is 11.4 Å². The lowest BCUT2D eigenvalue weighted by Crippen LogP contribution is -2.36. The highest BCUT2D eigenvalue weighted by Crippen LogP contribution is 2.38. The number of anilines is 2. The predicted molar refractivity (Wildman–Crippen MR) is 102 cm³/mol. The third-order valence-electron chi connectivity index (χ3n) is 4.64. The maximum absolute atomic E-state index is 12.5. The molecule has 1 aromatic heterocycles. The van der Waals surface area contributed by atoms with Gasteiger partial charge in [0.15, 0.2) is 5.16 Å². The number of thioether (sulfide) groups is 1. The van der Waals surface area contributed by atoms with Crippen molar-refractivity contribution in [1.29, 1.82) is 0 Å². The first-order valence-electron chi connectivity index (χ1n) is 9.00. The highest BCUT2D eigenvalue weighted by Gasteiger charge is 2.28.